The average molecular weight is 599 g/mol. The van der Waals surface area contributed by atoms with Gasteiger partial charge < -0.3 is 34.1 Å². The Kier molecular flexibility index (Phi) is 8.28. The zero-order chi connectivity index (χ0) is 31.2. The molecule has 43 heavy (non-hydrogen) atoms. The van der Waals surface area contributed by atoms with Gasteiger partial charge in [0.1, 0.15) is 23.2 Å². The van der Waals surface area contributed by atoms with E-state index < -0.39 is 59.0 Å². The Morgan fingerprint density at radius 3 is 2.47 bits per heavy atom. The van der Waals surface area contributed by atoms with Gasteiger partial charge in [0.05, 0.1) is 30.7 Å². The summed E-state index contributed by atoms with van der Waals surface area (Å²) in [7, 11) is 3.36. The van der Waals surface area contributed by atoms with E-state index >= 15 is 0 Å². The summed E-state index contributed by atoms with van der Waals surface area (Å²) in [5.41, 5.74) is -2.80. The van der Waals surface area contributed by atoms with Crippen molar-refractivity contribution in [2.45, 2.75) is 70.1 Å². The second kappa shape index (κ2) is 11.6. The molecule has 3 N–H and O–H groups in total. The van der Waals surface area contributed by atoms with Crippen LogP contribution in [0.15, 0.2) is 34.1 Å². The van der Waals surface area contributed by atoms with Gasteiger partial charge in [-0.05, 0) is 49.6 Å². The van der Waals surface area contributed by atoms with Crippen LogP contribution in [0.4, 0.5) is 4.79 Å². The lowest BCUT2D eigenvalue weighted by Gasteiger charge is -2.53. The van der Waals surface area contributed by atoms with E-state index in [0.29, 0.717) is 18.4 Å². The Labute approximate surface area is 249 Å². The number of carbonyl (C=O) groups is 3. The van der Waals surface area contributed by atoms with Gasteiger partial charge in [0, 0.05) is 11.5 Å². The number of benzene rings is 1. The fourth-order valence-electron chi connectivity index (χ4n) is 6.73. The van der Waals surface area contributed by atoms with E-state index in [2.05, 4.69) is 5.16 Å². The summed E-state index contributed by atoms with van der Waals surface area (Å²) in [6.45, 7) is 5.98. The van der Waals surface area contributed by atoms with E-state index in [4.69, 9.17) is 18.7 Å². The molecule has 0 saturated heterocycles. The van der Waals surface area contributed by atoms with Crippen LogP contribution in [0.2, 0.25) is 0 Å². The smallest absolute Gasteiger partial charge is 0.508 e. The lowest BCUT2D eigenvalue weighted by Crippen LogP contribution is -2.65. The number of hydrogen-bond donors (Lipinski definition) is 3. The van der Waals surface area contributed by atoms with Crippen molar-refractivity contribution in [2.75, 3.05) is 27.3 Å². The predicted molar refractivity (Wildman–Crippen MR) is 151 cm³/mol. The minimum Gasteiger partial charge on any atom is -0.508 e. The molecule has 0 radical (unpaired) electrons. The monoisotopic (exact) mass is 598 g/mol. The number of phenols is 1. The number of aromatic hydroxyl groups is 1. The quantitative estimate of drug-likeness (QED) is 0.274. The van der Waals surface area contributed by atoms with Gasteiger partial charge in [-0.25, -0.2) is 4.79 Å². The van der Waals surface area contributed by atoms with Crippen molar-refractivity contribution in [2.24, 2.45) is 11.8 Å². The summed E-state index contributed by atoms with van der Waals surface area (Å²) in [5, 5.41) is 38.9. The topological polar surface area (TPSA) is 169 Å². The van der Waals surface area contributed by atoms with E-state index in [1.807, 2.05) is 13.8 Å². The Morgan fingerprint density at radius 2 is 1.79 bits per heavy atom. The maximum Gasteiger partial charge on any atom is 0.508 e. The number of Topliss-reactive ketones (excluding diaryl/α,β-unsaturated/α-hetero) is 2. The molecule has 3 aliphatic rings. The number of ketones is 2. The van der Waals surface area contributed by atoms with Crippen molar-refractivity contribution in [1.29, 1.82) is 0 Å². The fourth-order valence-corrected chi connectivity index (χ4v) is 6.73. The minimum atomic E-state index is -2.74. The third-order valence-electron chi connectivity index (χ3n) is 8.83. The Morgan fingerprint density at radius 1 is 1.09 bits per heavy atom. The number of unbranched alkanes of at least 4 members (excludes halogenated alkanes) is 2. The molecule has 0 unspecified atom stereocenters. The molecule has 232 valence electrons. The molecule has 0 aliphatic heterocycles. The zero-order valence-electron chi connectivity index (χ0n) is 25.0. The average Bonchev–Trinajstić information content (AvgIpc) is 3.38. The van der Waals surface area contributed by atoms with Crippen LogP contribution in [0, 0.1) is 11.8 Å². The normalized spacial score (nSPS) is 27.7. The minimum absolute atomic E-state index is 0.0548. The number of rotatable bonds is 9. The van der Waals surface area contributed by atoms with Crippen molar-refractivity contribution in [3.05, 3.63) is 52.0 Å². The van der Waals surface area contributed by atoms with Crippen LogP contribution in [0.3, 0.4) is 0 Å². The highest BCUT2D eigenvalue weighted by Crippen LogP contribution is 2.59. The van der Waals surface area contributed by atoms with Crippen LogP contribution in [-0.4, -0.2) is 82.1 Å². The third kappa shape index (κ3) is 4.67. The van der Waals surface area contributed by atoms with Crippen LogP contribution >= 0.6 is 0 Å². The molecule has 1 aromatic carbocycles. The molecule has 0 bridgehead atoms. The summed E-state index contributed by atoms with van der Waals surface area (Å²) in [4.78, 5) is 43.1. The number of aliphatic hydroxyl groups excluding tert-OH is 1. The highest BCUT2D eigenvalue weighted by atomic mass is 16.7. The van der Waals surface area contributed by atoms with Gasteiger partial charge in [-0.2, -0.15) is 0 Å². The first-order chi connectivity index (χ1) is 20.5. The fraction of sp³-hybridized carbons (Fsp3) is 0.548. The number of nitrogens with zero attached hydrogens (tertiary/aromatic N) is 2. The second-order valence-electron chi connectivity index (χ2n) is 11.6. The SMILES string of the molecule is CCCCOC(=O)O[C@H]1[C@H]2C(=C(O)[C@]3(O)C(=O)c4c(OCCCC)noc4[C@@H](N(C)C)[C@H]13)C(=O)c1c(O)cccc1[C@@H]2C. The molecule has 2 aromatic rings. The highest BCUT2D eigenvalue weighted by molar-refractivity contribution is 6.16. The van der Waals surface area contributed by atoms with Gasteiger partial charge in [-0.15, -0.1) is 0 Å². The first kappa shape index (κ1) is 30.6. The number of hydrogen-bond acceptors (Lipinski definition) is 12. The van der Waals surface area contributed by atoms with Crippen molar-refractivity contribution in [3.63, 3.8) is 0 Å². The molecule has 1 heterocycles. The van der Waals surface area contributed by atoms with E-state index in [-0.39, 0.29) is 47.3 Å². The van der Waals surface area contributed by atoms with Crippen LogP contribution < -0.4 is 4.74 Å². The van der Waals surface area contributed by atoms with Crippen molar-refractivity contribution in [1.82, 2.24) is 10.1 Å². The molecular formula is C31H38N2O10. The molecule has 0 fully saturated rings. The summed E-state index contributed by atoms with van der Waals surface area (Å²) in [6.07, 6.45) is 0.449. The van der Waals surface area contributed by atoms with Gasteiger partial charge in [-0.3, -0.25) is 14.5 Å². The summed E-state index contributed by atoms with van der Waals surface area (Å²) < 4.78 is 22.6. The second-order valence-corrected chi connectivity index (χ2v) is 11.6. The van der Waals surface area contributed by atoms with Gasteiger partial charge in [-0.1, -0.05) is 45.7 Å². The summed E-state index contributed by atoms with van der Waals surface area (Å²) >= 11 is 0. The van der Waals surface area contributed by atoms with Crippen LogP contribution in [0.1, 0.15) is 90.5 Å². The maximum absolute atomic E-state index is 14.3. The number of aliphatic hydroxyl groups is 2. The van der Waals surface area contributed by atoms with Crippen molar-refractivity contribution < 1.29 is 48.4 Å². The van der Waals surface area contributed by atoms with Gasteiger partial charge >= 0.3 is 6.16 Å². The zero-order valence-corrected chi connectivity index (χ0v) is 25.0. The Balaban J connectivity index is 1.74. The number of carbonyl (C=O) groups excluding carboxylic acids is 3. The van der Waals surface area contributed by atoms with E-state index in [1.165, 1.54) is 6.07 Å². The van der Waals surface area contributed by atoms with Gasteiger partial charge in [0.15, 0.2) is 17.1 Å². The number of phenolic OH excluding ortho intramolecular Hbond substituents is 1. The molecule has 5 rings (SSSR count). The lowest BCUT2D eigenvalue weighted by atomic mass is 9.55. The lowest BCUT2D eigenvalue weighted by molar-refractivity contribution is -0.125. The Bertz CT molecular complexity index is 1460. The molecule has 3 aliphatic carbocycles. The molecule has 12 nitrogen and oxygen atoms in total. The summed E-state index contributed by atoms with van der Waals surface area (Å²) in [5.74, 6) is -5.98. The molecule has 12 heteroatoms. The van der Waals surface area contributed by atoms with Crippen LogP contribution in [0.25, 0.3) is 0 Å². The van der Waals surface area contributed by atoms with E-state index in [9.17, 15) is 29.7 Å². The van der Waals surface area contributed by atoms with E-state index in [1.54, 1.807) is 38.1 Å². The van der Waals surface area contributed by atoms with Crippen LogP contribution in [-0.2, 0) is 9.47 Å². The van der Waals surface area contributed by atoms with Gasteiger partial charge in [0.2, 0.25) is 5.78 Å². The standard InChI is InChI=1S/C31H38N2O10/c1-6-8-13-40-29-21-26(43-32-29)23(33(4)5)22-25(42-30(38)41-14-9-7-2)18-15(3)16-11-10-12-17(34)19(16)24(35)20(18)27(36)31(22,39)28(21)37/h10-12,15,18,22-23,25,34,36,39H,6-9,13-14H2,1-5H3/t15-,18+,22+,23-,25-,31-/m0/s1. The first-order valence-electron chi connectivity index (χ1n) is 14.7. The number of fused-ring (bicyclic) bond motifs is 4. The maximum atomic E-state index is 14.3. The third-order valence-corrected chi connectivity index (χ3v) is 8.83. The largest absolute Gasteiger partial charge is 0.508 e. The van der Waals surface area contributed by atoms with Crippen LogP contribution in [0.5, 0.6) is 11.6 Å². The molecule has 0 amide bonds. The summed E-state index contributed by atoms with van der Waals surface area (Å²) in [6, 6.07) is 3.65. The van der Waals surface area contributed by atoms with Crippen molar-refractivity contribution in [3.8, 4) is 11.6 Å². The molecule has 6 atom stereocenters. The number of ether oxygens (including phenoxy) is 3. The van der Waals surface area contributed by atoms with Gasteiger partial charge in [0.25, 0.3) is 5.88 Å². The number of aromatic nitrogens is 1. The Hall–Kier alpha value is -3.90. The molecule has 1 aromatic heterocycles. The first-order valence-corrected chi connectivity index (χ1v) is 14.7. The molecule has 0 saturated carbocycles. The highest BCUT2D eigenvalue weighted by Gasteiger charge is 2.69. The molecule has 0 spiro atoms. The van der Waals surface area contributed by atoms with Crippen molar-refractivity contribution >= 4 is 17.7 Å². The van der Waals surface area contributed by atoms with E-state index in [0.717, 1.165) is 12.8 Å². The molecular weight excluding hydrogens is 560 g/mol. The predicted octanol–water partition coefficient (Wildman–Crippen LogP) is 4.47.